The Kier molecular flexibility index (Phi) is 3.73. The van der Waals surface area contributed by atoms with E-state index in [1.165, 1.54) is 12.3 Å². The van der Waals surface area contributed by atoms with Crippen LogP contribution in [0.1, 0.15) is 5.56 Å². The van der Waals surface area contributed by atoms with Gasteiger partial charge in [0.2, 0.25) is 9.84 Å². The highest BCUT2D eigenvalue weighted by Crippen LogP contribution is 2.22. The van der Waals surface area contributed by atoms with Gasteiger partial charge < -0.3 is 0 Å². The Balaban J connectivity index is 1.99. The van der Waals surface area contributed by atoms with Gasteiger partial charge in [0.15, 0.2) is 5.03 Å². The molecule has 0 unspecified atom stereocenters. The first-order chi connectivity index (χ1) is 10.6. The van der Waals surface area contributed by atoms with Gasteiger partial charge in [-0.05, 0) is 48.9 Å². The predicted molar refractivity (Wildman–Crippen MR) is 84.1 cm³/mol. The lowest BCUT2D eigenvalue weighted by molar-refractivity contribution is 0.592. The van der Waals surface area contributed by atoms with E-state index in [-0.39, 0.29) is 9.92 Å². The Bertz CT molecular complexity index is 889. The second-order valence-corrected chi connectivity index (χ2v) is 6.82. The van der Waals surface area contributed by atoms with Crippen molar-refractivity contribution < 1.29 is 8.42 Å². The summed E-state index contributed by atoms with van der Waals surface area (Å²) in [6.45, 7) is 1.86. The van der Waals surface area contributed by atoms with Crippen LogP contribution >= 0.6 is 0 Å². The summed E-state index contributed by atoms with van der Waals surface area (Å²) in [5, 5.41) is 0.0396. The van der Waals surface area contributed by atoms with Crippen LogP contribution in [-0.4, -0.2) is 18.4 Å². The number of sulfone groups is 1. The Morgan fingerprint density at radius 2 is 1.77 bits per heavy atom. The zero-order chi connectivity index (χ0) is 15.6. The molecule has 0 aliphatic heterocycles. The minimum atomic E-state index is -3.59. The van der Waals surface area contributed by atoms with Gasteiger partial charge in [0.05, 0.1) is 10.6 Å². The maximum absolute atomic E-state index is 12.6. The van der Waals surface area contributed by atoms with Crippen molar-refractivity contribution in [3.05, 3.63) is 72.6 Å². The minimum Gasteiger partial charge on any atom is -0.256 e. The summed E-state index contributed by atoms with van der Waals surface area (Å²) in [7, 11) is -3.59. The lowest BCUT2D eigenvalue weighted by Gasteiger charge is -2.06. The summed E-state index contributed by atoms with van der Waals surface area (Å²) in [4.78, 5) is 8.58. The van der Waals surface area contributed by atoms with E-state index >= 15 is 0 Å². The lowest BCUT2D eigenvalue weighted by atomic mass is 10.2. The average Bonchev–Trinajstić information content (AvgIpc) is 2.56. The average molecular weight is 310 g/mol. The fraction of sp³-hybridized carbons (Fsp3) is 0.0588. The molecule has 3 aromatic rings. The lowest BCUT2D eigenvalue weighted by Crippen LogP contribution is -2.04. The standard InChI is InChI=1S/C17H14N2O2S/c1-13-5-4-6-15(11-13)22(20,21)17-9-8-14(12-19-17)16-7-2-3-10-18-16/h2-12H,1H3. The zero-order valence-corrected chi connectivity index (χ0v) is 12.8. The first-order valence-electron chi connectivity index (χ1n) is 6.76. The van der Waals surface area contributed by atoms with Gasteiger partial charge in [0.1, 0.15) is 0 Å². The molecule has 0 spiro atoms. The van der Waals surface area contributed by atoms with Crippen LogP contribution in [0.15, 0.2) is 76.9 Å². The molecule has 0 fully saturated rings. The van der Waals surface area contributed by atoms with Crippen molar-refractivity contribution >= 4 is 9.84 Å². The topological polar surface area (TPSA) is 59.9 Å². The summed E-state index contributed by atoms with van der Waals surface area (Å²) in [5.41, 5.74) is 2.43. The van der Waals surface area contributed by atoms with Gasteiger partial charge in [-0.3, -0.25) is 4.98 Å². The second kappa shape index (κ2) is 5.69. The van der Waals surface area contributed by atoms with E-state index < -0.39 is 9.84 Å². The third kappa shape index (κ3) is 2.76. The number of benzene rings is 1. The predicted octanol–water partition coefficient (Wildman–Crippen LogP) is 3.28. The van der Waals surface area contributed by atoms with Gasteiger partial charge in [-0.1, -0.05) is 18.2 Å². The van der Waals surface area contributed by atoms with Crippen molar-refractivity contribution in [2.45, 2.75) is 16.8 Å². The molecule has 0 radical (unpaired) electrons. The Hall–Kier alpha value is -2.53. The van der Waals surface area contributed by atoms with E-state index in [2.05, 4.69) is 9.97 Å². The molecule has 0 aliphatic rings. The largest absolute Gasteiger partial charge is 0.256 e. The molecule has 4 nitrogen and oxygen atoms in total. The molecule has 3 rings (SSSR count). The number of hydrogen-bond donors (Lipinski definition) is 0. The number of pyridine rings is 2. The first-order valence-corrected chi connectivity index (χ1v) is 8.25. The highest BCUT2D eigenvalue weighted by atomic mass is 32.2. The third-order valence-electron chi connectivity index (χ3n) is 3.27. The third-order valence-corrected chi connectivity index (χ3v) is 4.94. The van der Waals surface area contributed by atoms with Gasteiger partial charge in [0.25, 0.3) is 0 Å². The van der Waals surface area contributed by atoms with Crippen molar-refractivity contribution in [1.82, 2.24) is 9.97 Å². The fourth-order valence-corrected chi connectivity index (χ4v) is 3.41. The van der Waals surface area contributed by atoms with Gasteiger partial charge in [0, 0.05) is 18.0 Å². The summed E-state index contributed by atoms with van der Waals surface area (Å²) in [6, 6.07) is 15.6. The number of hydrogen-bond acceptors (Lipinski definition) is 4. The van der Waals surface area contributed by atoms with E-state index in [1.54, 1.807) is 30.5 Å². The van der Waals surface area contributed by atoms with Gasteiger partial charge in [-0.15, -0.1) is 0 Å². The van der Waals surface area contributed by atoms with E-state index in [1.807, 2.05) is 31.2 Å². The first kappa shape index (κ1) is 14.4. The maximum Gasteiger partial charge on any atom is 0.223 e. The highest BCUT2D eigenvalue weighted by Gasteiger charge is 2.19. The molecule has 110 valence electrons. The van der Waals surface area contributed by atoms with Crippen molar-refractivity contribution in [3.8, 4) is 11.3 Å². The van der Waals surface area contributed by atoms with E-state index in [0.29, 0.717) is 0 Å². The molecule has 22 heavy (non-hydrogen) atoms. The normalized spacial score (nSPS) is 11.3. The van der Waals surface area contributed by atoms with Crippen LogP contribution < -0.4 is 0 Å². The Morgan fingerprint density at radius 3 is 2.41 bits per heavy atom. The SMILES string of the molecule is Cc1cccc(S(=O)(=O)c2ccc(-c3ccccn3)cn2)c1. The number of rotatable bonds is 3. The highest BCUT2D eigenvalue weighted by molar-refractivity contribution is 7.91. The van der Waals surface area contributed by atoms with Crippen LogP contribution in [0.3, 0.4) is 0 Å². The zero-order valence-electron chi connectivity index (χ0n) is 12.0. The molecular formula is C17H14N2O2S. The Labute approximate surface area is 129 Å². The van der Waals surface area contributed by atoms with Crippen molar-refractivity contribution in [1.29, 1.82) is 0 Å². The molecule has 0 aliphatic carbocycles. The molecule has 1 aromatic carbocycles. The number of nitrogens with zero attached hydrogens (tertiary/aromatic N) is 2. The van der Waals surface area contributed by atoms with Gasteiger partial charge >= 0.3 is 0 Å². The summed E-state index contributed by atoms with van der Waals surface area (Å²) >= 11 is 0. The van der Waals surface area contributed by atoms with Crippen molar-refractivity contribution in [3.63, 3.8) is 0 Å². The van der Waals surface area contributed by atoms with E-state index in [9.17, 15) is 8.42 Å². The number of aromatic nitrogens is 2. The molecule has 2 aromatic heterocycles. The molecule has 0 N–H and O–H groups in total. The molecule has 0 bridgehead atoms. The summed E-state index contributed by atoms with van der Waals surface area (Å²) in [5.74, 6) is 0. The monoisotopic (exact) mass is 310 g/mol. The van der Waals surface area contributed by atoms with Crippen LogP contribution in [0.4, 0.5) is 0 Å². The van der Waals surface area contributed by atoms with E-state index in [4.69, 9.17) is 0 Å². The molecule has 0 saturated carbocycles. The van der Waals surface area contributed by atoms with E-state index in [0.717, 1.165) is 16.8 Å². The van der Waals surface area contributed by atoms with Crippen LogP contribution in [0.5, 0.6) is 0 Å². The van der Waals surface area contributed by atoms with Crippen molar-refractivity contribution in [2.24, 2.45) is 0 Å². The summed E-state index contributed by atoms with van der Waals surface area (Å²) in [6.07, 6.45) is 3.22. The van der Waals surface area contributed by atoms with Crippen LogP contribution in [0.25, 0.3) is 11.3 Å². The second-order valence-electron chi connectivity index (χ2n) is 4.92. The van der Waals surface area contributed by atoms with Crippen LogP contribution in [-0.2, 0) is 9.84 Å². The minimum absolute atomic E-state index is 0.0396. The van der Waals surface area contributed by atoms with Crippen LogP contribution in [0.2, 0.25) is 0 Å². The quantitative estimate of drug-likeness (QED) is 0.745. The van der Waals surface area contributed by atoms with Crippen molar-refractivity contribution in [2.75, 3.05) is 0 Å². The molecule has 5 heteroatoms. The molecule has 2 heterocycles. The smallest absolute Gasteiger partial charge is 0.223 e. The molecular weight excluding hydrogens is 296 g/mol. The number of aryl methyl sites for hydroxylation is 1. The Morgan fingerprint density at radius 1 is 0.909 bits per heavy atom. The molecule has 0 amide bonds. The van der Waals surface area contributed by atoms with Crippen LogP contribution in [0, 0.1) is 6.92 Å². The summed E-state index contributed by atoms with van der Waals surface area (Å²) < 4.78 is 25.1. The fourth-order valence-electron chi connectivity index (χ4n) is 2.13. The molecule has 0 saturated heterocycles. The maximum atomic E-state index is 12.6. The molecule has 0 atom stereocenters. The van der Waals surface area contributed by atoms with Gasteiger partial charge in [-0.25, -0.2) is 13.4 Å². The van der Waals surface area contributed by atoms with Gasteiger partial charge in [-0.2, -0.15) is 0 Å².